The summed E-state index contributed by atoms with van der Waals surface area (Å²) in [6.45, 7) is 1.86. The van der Waals surface area contributed by atoms with Crippen molar-refractivity contribution < 1.29 is 9.59 Å². The fourth-order valence-corrected chi connectivity index (χ4v) is 4.29. The maximum absolute atomic E-state index is 13.3. The number of para-hydroxylation sites is 1. The van der Waals surface area contributed by atoms with Gasteiger partial charge in [-0.25, -0.2) is 4.98 Å². The summed E-state index contributed by atoms with van der Waals surface area (Å²) < 4.78 is 0. The Morgan fingerprint density at radius 2 is 1.74 bits per heavy atom. The van der Waals surface area contributed by atoms with Gasteiger partial charge in [-0.15, -0.1) is 0 Å². The van der Waals surface area contributed by atoms with Crippen LogP contribution < -0.4 is 10.2 Å². The van der Waals surface area contributed by atoms with Crippen molar-refractivity contribution in [3.05, 3.63) is 83.8 Å². The maximum Gasteiger partial charge on any atom is 0.272 e. The van der Waals surface area contributed by atoms with Gasteiger partial charge < -0.3 is 15.1 Å². The number of likely N-dealkylation sites (tertiary alicyclic amines) is 1. The molecule has 0 bridgehead atoms. The number of nitrogens with one attached hydrogen (secondary N) is 1. The molecule has 0 radical (unpaired) electrons. The lowest BCUT2D eigenvalue weighted by molar-refractivity contribution is 0.0785. The molecule has 2 aromatic heterocycles. The van der Waals surface area contributed by atoms with Crippen molar-refractivity contribution in [2.45, 2.75) is 18.9 Å². The summed E-state index contributed by atoms with van der Waals surface area (Å²) in [7, 11) is 0. The van der Waals surface area contributed by atoms with E-state index in [1.165, 1.54) is 5.56 Å². The van der Waals surface area contributed by atoms with E-state index in [4.69, 9.17) is 0 Å². The van der Waals surface area contributed by atoms with Gasteiger partial charge in [-0.3, -0.25) is 14.6 Å². The average Bonchev–Trinajstić information content (AvgIpc) is 3.46. The summed E-state index contributed by atoms with van der Waals surface area (Å²) in [5.41, 5.74) is 3.15. The van der Waals surface area contributed by atoms with Crippen molar-refractivity contribution in [2.75, 3.05) is 29.9 Å². The SMILES string of the molecule is O=C(c1ccccn1)N1CCC(Nc2ncccc2C(=O)N2CCc3ccccc32)C1. The van der Waals surface area contributed by atoms with E-state index in [9.17, 15) is 9.59 Å². The van der Waals surface area contributed by atoms with Crippen LogP contribution in [0, 0.1) is 0 Å². The highest BCUT2D eigenvalue weighted by molar-refractivity contribution is 6.10. The van der Waals surface area contributed by atoms with E-state index in [0.717, 1.165) is 18.5 Å². The minimum atomic E-state index is -0.0732. The molecule has 1 saturated heterocycles. The smallest absolute Gasteiger partial charge is 0.272 e. The molecule has 0 spiro atoms. The van der Waals surface area contributed by atoms with Crippen LogP contribution in [-0.2, 0) is 6.42 Å². The highest BCUT2D eigenvalue weighted by Gasteiger charge is 2.30. The Labute approximate surface area is 180 Å². The van der Waals surface area contributed by atoms with Crippen LogP contribution in [-0.4, -0.2) is 52.4 Å². The Bertz CT molecular complexity index is 1120. The molecule has 1 N–H and O–H groups in total. The second kappa shape index (κ2) is 8.18. The van der Waals surface area contributed by atoms with Gasteiger partial charge in [0.2, 0.25) is 0 Å². The van der Waals surface area contributed by atoms with E-state index < -0.39 is 0 Å². The van der Waals surface area contributed by atoms with Crippen LogP contribution >= 0.6 is 0 Å². The first-order valence-corrected chi connectivity index (χ1v) is 10.5. The third-order valence-corrected chi connectivity index (χ3v) is 5.87. The lowest BCUT2D eigenvalue weighted by Crippen LogP contribution is -2.33. The number of pyridine rings is 2. The molecule has 31 heavy (non-hydrogen) atoms. The molecule has 1 fully saturated rings. The Kier molecular flexibility index (Phi) is 5.08. The van der Waals surface area contributed by atoms with Crippen LogP contribution in [0.5, 0.6) is 0 Å². The van der Waals surface area contributed by atoms with Crippen molar-refractivity contribution in [3.63, 3.8) is 0 Å². The molecule has 1 unspecified atom stereocenters. The molecule has 7 heteroatoms. The molecule has 4 heterocycles. The highest BCUT2D eigenvalue weighted by Crippen LogP contribution is 2.30. The summed E-state index contributed by atoms with van der Waals surface area (Å²) in [6.07, 6.45) is 4.96. The van der Waals surface area contributed by atoms with Gasteiger partial charge in [0.1, 0.15) is 11.5 Å². The third kappa shape index (κ3) is 3.74. The summed E-state index contributed by atoms with van der Waals surface area (Å²) >= 11 is 0. The molecular weight excluding hydrogens is 390 g/mol. The number of rotatable bonds is 4. The summed E-state index contributed by atoms with van der Waals surface area (Å²) in [6, 6.07) is 17.0. The zero-order valence-electron chi connectivity index (χ0n) is 17.1. The van der Waals surface area contributed by atoms with Gasteiger partial charge >= 0.3 is 0 Å². The number of amides is 2. The molecular formula is C24H23N5O2. The standard InChI is InChI=1S/C24H23N5O2/c30-23(29-15-10-17-6-1-2-9-21(17)29)19-7-5-13-26-22(19)27-18-11-14-28(16-18)24(31)20-8-3-4-12-25-20/h1-9,12-13,18H,10-11,14-16H2,(H,26,27). The Hall–Kier alpha value is -3.74. The Balaban J connectivity index is 1.31. The molecule has 2 aliphatic heterocycles. The van der Waals surface area contributed by atoms with E-state index in [2.05, 4.69) is 21.4 Å². The van der Waals surface area contributed by atoms with Gasteiger partial charge in [-0.1, -0.05) is 24.3 Å². The molecule has 1 aromatic carbocycles. The molecule has 1 atom stereocenters. The number of carbonyl (C=O) groups is 2. The van der Waals surface area contributed by atoms with Gasteiger partial charge in [0.25, 0.3) is 11.8 Å². The minimum absolute atomic E-state index is 0.0278. The monoisotopic (exact) mass is 413 g/mol. The molecule has 2 amide bonds. The fourth-order valence-electron chi connectivity index (χ4n) is 4.29. The maximum atomic E-state index is 13.3. The topological polar surface area (TPSA) is 78.4 Å². The van der Waals surface area contributed by atoms with Crippen molar-refractivity contribution in [1.82, 2.24) is 14.9 Å². The number of carbonyl (C=O) groups excluding carboxylic acids is 2. The lowest BCUT2D eigenvalue weighted by atomic mass is 10.1. The van der Waals surface area contributed by atoms with Gasteiger partial charge in [0.05, 0.1) is 5.56 Å². The van der Waals surface area contributed by atoms with Crippen LogP contribution in [0.1, 0.15) is 32.8 Å². The van der Waals surface area contributed by atoms with E-state index in [1.807, 2.05) is 35.2 Å². The van der Waals surface area contributed by atoms with Crippen LogP contribution in [0.3, 0.4) is 0 Å². The fraction of sp³-hybridized carbons (Fsp3) is 0.250. The summed E-state index contributed by atoms with van der Waals surface area (Å²) in [4.78, 5) is 38.2. The lowest BCUT2D eigenvalue weighted by Gasteiger charge is -2.21. The molecule has 7 nitrogen and oxygen atoms in total. The third-order valence-electron chi connectivity index (χ3n) is 5.87. The minimum Gasteiger partial charge on any atom is -0.365 e. The van der Waals surface area contributed by atoms with Crippen molar-refractivity contribution in [2.24, 2.45) is 0 Å². The number of hydrogen-bond acceptors (Lipinski definition) is 5. The number of hydrogen-bond donors (Lipinski definition) is 1. The Morgan fingerprint density at radius 1 is 0.903 bits per heavy atom. The number of fused-ring (bicyclic) bond motifs is 1. The first-order chi connectivity index (χ1) is 15.2. The first kappa shape index (κ1) is 19.2. The second-order valence-electron chi connectivity index (χ2n) is 7.83. The normalized spacial score (nSPS) is 17.5. The number of nitrogens with zero attached hydrogens (tertiary/aromatic N) is 4. The van der Waals surface area contributed by atoms with Crippen molar-refractivity contribution >= 4 is 23.3 Å². The van der Waals surface area contributed by atoms with Crippen LogP contribution in [0.25, 0.3) is 0 Å². The van der Waals surface area contributed by atoms with Crippen molar-refractivity contribution in [1.29, 1.82) is 0 Å². The largest absolute Gasteiger partial charge is 0.365 e. The van der Waals surface area contributed by atoms with E-state index in [-0.39, 0.29) is 17.9 Å². The van der Waals surface area contributed by atoms with E-state index in [1.54, 1.807) is 35.5 Å². The predicted octanol–water partition coefficient (Wildman–Crippen LogP) is 3.01. The molecule has 156 valence electrons. The van der Waals surface area contributed by atoms with Gasteiger partial charge in [-0.2, -0.15) is 0 Å². The van der Waals surface area contributed by atoms with Crippen LogP contribution in [0.2, 0.25) is 0 Å². The Morgan fingerprint density at radius 3 is 2.61 bits per heavy atom. The zero-order valence-corrected chi connectivity index (χ0v) is 17.1. The molecule has 5 rings (SSSR count). The second-order valence-corrected chi connectivity index (χ2v) is 7.83. The predicted molar refractivity (Wildman–Crippen MR) is 118 cm³/mol. The van der Waals surface area contributed by atoms with Gasteiger partial charge in [0.15, 0.2) is 0 Å². The molecule has 0 saturated carbocycles. The number of aromatic nitrogens is 2. The molecule has 3 aromatic rings. The van der Waals surface area contributed by atoms with Gasteiger partial charge in [0, 0.05) is 43.8 Å². The summed E-state index contributed by atoms with van der Waals surface area (Å²) in [5, 5.41) is 3.40. The van der Waals surface area contributed by atoms with Crippen molar-refractivity contribution in [3.8, 4) is 0 Å². The van der Waals surface area contributed by atoms with Gasteiger partial charge in [-0.05, 0) is 48.7 Å². The van der Waals surface area contributed by atoms with Crippen LogP contribution in [0.4, 0.5) is 11.5 Å². The number of anilines is 2. The average molecular weight is 413 g/mol. The van der Waals surface area contributed by atoms with E-state index in [0.29, 0.717) is 36.7 Å². The first-order valence-electron chi connectivity index (χ1n) is 10.5. The summed E-state index contributed by atoms with van der Waals surface area (Å²) in [5.74, 6) is 0.435. The number of benzene rings is 1. The van der Waals surface area contributed by atoms with Crippen LogP contribution in [0.15, 0.2) is 67.0 Å². The van der Waals surface area contributed by atoms with E-state index >= 15 is 0 Å². The molecule has 2 aliphatic rings. The molecule has 0 aliphatic carbocycles. The quantitative estimate of drug-likeness (QED) is 0.711. The zero-order chi connectivity index (χ0) is 21.2. The highest BCUT2D eigenvalue weighted by atomic mass is 16.2.